The molecule has 0 unspecified atom stereocenters. The van der Waals surface area contributed by atoms with Gasteiger partial charge in [-0.1, -0.05) is 18.6 Å². The molecule has 0 radical (unpaired) electrons. The minimum absolute atomic E-state index is 0.731. The van der Waals surface area contributed by atoms with Crippen LogP contribution >= 0.6 is 0 Å². The largest absolute Gasteiger partial charge is 0.330 e. The van der Waals surface area contributed by atoms with Gasteiger partial charge in [0.15, 0.2) is 0 Å². The van der Waals surface area contributed by atoms with E-state index in [9.17, 15) is 0 Å². The molecule has 0 bridgehead atoms. The van der Waals surface area contributed by atoms with E-state index < -0.39 is 0 Å². The van der Waals surface area contributed by atoms with Crippen LogP contribution < -0.4 is 5.73 Å². The number of nitrogens with two attached hydrogens (primary N) is 1. The fourth-order valence-corrected chi connectivity index (χ4v) is 1.62. The second kappa shape index (κ2) is 3.77. The average molecular weight is 139 g/mol. The van der Waals surface area contributed by atoms with Gasteiger partial charge in [-0.25, -0.2) is 0 Å². The van der Waals surface area contributed by atoms with E-state index in [1.807, 2.05) is 0 Å². The Kier molecular flexibility index (Phi) is 2.94. The van der Waals surface area contributed by atoms with Crippen molar-refractivity contribution < 1.29 is 0 Å². The normalized spacial score (nSPS) is 28.1. The summed E-state index contributed by atoms with van der Waals surface area (Å²) in [5.74, 6) is 0.731. The van der Waals surface area contributed by atoms with Gasteiger partial charge in [0.05, 0.1) is 0 Å². The van der Waals surface area contributed by atoms with E-state index in [0.29, 0.717) is 0 Å². The van der Waals surface area contributed by atoms with Crippen molar-refractivity contribution in [1.29, 1.82) is 0 Å². The molecule has 0 heterocycles. The molecule has 0 aromatic rings. The maximum absolute atomic E-state index is 5.59. The smallest absolute Gasteiger partial charge is 0.00458 e. The van der Waals surface area contributed by atoms with E-state index in [1.165, 1.54) is 37.7 Å². The molecule has 1 heteroatoms. The van der Waals surface area contributed by atoms with Crippen molar-refractivity contribution in [3.8, 4) is 0 Å². The van der Waals surface area contributed by atoms with Gasteiger partial charge in [0.1, 0.15) is 0 Å². The molecule has 10 heavy (non-hydrogen) atoms. The molecule has 0 aromatic carbocycles. The van der Waals surface area contributed by atoms with Crippen molar-refractivity contribution in [2.24, 2.45) is 11.7 Å². The predicted octanol–water partition coefficient (Wildman–Crippen LogP) is 2.08. The highest BCUT2D eigenvalue weighted by Gasteiger charge is 2.11. The Bertz CT molecular complexity index is 118. The zero-order chi connectivity index (χ0) is 7.40. The third-order valence-electron chi connectivity index (χ3n) is 2.30. The number of hydrogen-bond acceptors (Lipinski definition) is 1. The first kappa shape index (κ1) is 7.80. The van der Waals surface area contributed by atoms with Crippen LogP contribution in [0.1, 0.15) is 32.1 Å². The first-order valence-corrected chi connectivity index (χ1v) is 4.19. The molecule has 1 atom stereocenters. The van der Waals surface area contributed by atoms with Crippen LogP contribution in [0.4, 0.5) is 0 Å². The van der Waals surface area contributed by atoms with Crippen LogP contribution in [-0.2, 0) is 0 Å². The van der Waals surface area contributed by atoms with Gasteiger partial charge in [-0.05, 0) is 38.1 Å². The summed E-state index contributed by atoms with van der Waals surface area (Å²) in [7, 11) is 0. The van der Waals surface area contributed by atoms with Crippen molar-refractivity contribution in [3.63, 3.8) is 0 Å². The maximum Gasteiger partial charge on any atom is -0.00458 e. The summed E-state index contributed by atoms with van der Waals surface area (Å²) < 4.78 is 0. The van der Waals surface area contributed by atoms with Crippen LogP contribution in [0, 0.1) is 5.92 Å². The van der Waals surface area contributed by atoms with Crippen LogP contribution in [-0.4, -0.2) is 6.54 Å². The molecule has 0 saturated heterocycles. The average Bonchev–Trinajstić information content (AvgIpc) is 2.13. The number of allylic oxidation sites excluding steroid dienone is 1. The molecule has 0 aliphatic heterocycles. The zero-order valence-corrected chi connectivity index (χ0v) is 6.60. The number of hydrogen-bond donors (Lipinski definition) is 1. The molecule has 1 aliphatic rings. The Labute approximate surface area is 63.3 Å². The van der Waals surface area contributed by atoms with Gasteiger partial charge < -0.3 is 5.73 Å². The molecule has 1 saturated carbocycles. The lowest BCUT2D eigenvalue weighted by Gasteiger charge is -2.10. The van der Waals surface area contributed by atoms with Crippen LogP contribution in [0.5, 0.6) is 0 Å². The van der Waals surface area contributed by atoms with Gasteiger partial charge in [0, 0.05) is 0 Å². The summed E-state index contributed by atoms with van der Waals surface area (Å²) in [5.41, 5.74) is 7.00. The molecule has 0 aromatic heterocycles. The minimum Gasteiger partial charge on any atom is -0.330 e. The van der Waals surface area contributed by atoms with Crippen molar-refractivity contribution in [2.75, 3.05) is 6.54 Å². The Balaban J connectivity index is 2.38. The van der Waals surface area contributed by atoms with Crippen molar-refractivity contribution in [2.45, 2.75) is 32.1 Å². The van der Waals surface area contributed by atoms with Crippen LogP contribution in [0.15, 0.2) is 12.2 Å². The molecule has 1 rings (SSSR count). The molecular formula is C9H17N. The molecular weight excluding hydrogens is 122 g/mol. The van der Waals surface area contributed by atoms with Crippen molar-refractivity contribution in [1.82, 2.24) is 0 Å². The van der Waals surface area contributed by atoms with Crippen LogP contribution in [0.3, 0.4) is 0 Å². The molecule has 1 nitrogen and oxygen atoms in total. The summed E-state index contributed by atoms with van der Waals surface area (Å²) in [6, 6.07) is 0. The lowest BCUT2D eigenvalue weighted by atomic mass is 9.99. The summed E-state index contributed by atoms with van der Waals surface area (Å²) >= 11 is 0. The van der Waals surface area contributed by atoms with Crippen LogP contribution in [0.2, 0.25) is 0 Å². The molecule has 1 fully saturated rings. The topological polar surface area (TPSA) is 26.0 Å². The summed E-state index contributed by atoms with van der Waals surface area (Å²) in [6.07, 6.45) is 6.40. The highest BCUT2D eigenvalue weighted by atomic mass is 14.5. The second-order valence-corrected chi connectivity index (χ2v) is 3.30. The van der Waals surface area contributed by atoms with Gasteiger partial charge in [-0.15, -0.1) is 0 Å². The van der Waals surface area contributed by atoms with E-state index in [1.54, 1.807) is 0 Å². The highest BCUT2D eigenvalue weighted by molar-refractivity contribution is 4.97. The third-order valence-corrected chi connectivity index (χ3v) is 2.30. The Hall–Kier alpha value is -0.300. The highest BCUT2D eigenvalue weighted by Crippen LogP contribution is 2.24. The third kappa shape index (κ3) is 2.14. The standard InChI is InChI=1S/C9H17N/c1-8-4-2-3-5-9(6-8)7-10/h9H,1-7,10H2/t9-/m1/s1. The quantitative estimate of drug-likeness (QED) is 0.437. The zero-order valence-electron chi connectivity index (χ0n) is 6.60. The molecule has 58 valence electrons. The van der Waals surface area contributed by atoms with Gasteiger partial charge in [0.25, 0.3) is 0 Å². The first-order valence-electron chi connectivity index (χ1n) is 4.19. The minimum atomic E-state index is 0.731. The van der Waals surface area contributed by atoms with Gasteiger partial charge in [0.2, 0.25) is 0 Å². The fourth-order valence-electron chi connectivity index (χ4n) is 1.62. The number of rotatable bonds is 1. The maximum atomic E-state index is 5.59. The van der Waals surface area contributed by atoms with E-state index in [0.717, 1.165) is 12.5 Å². The van der Waals surface area contributed by atoms with Gasteiger partial charge in [-0.3, -0.25) is 0 Å². The Morgan fingerprint density at radius 1 is 1.50 bits per heavy atom. The lowest BCUT2D eigenvalue weighted by molar-refractivity contribution is 0.496. The second-order valence-electron chi connectivity index (χ2n) is 3.30. The molecule has 0 spiro atoms. The predicted molar refractivity (Wildman–Crippen MR) is 44.8 cm³/mol. The van der Waals surface area contributed by atoms with Crippen molar-refractivity contribution in [3.05, 3.63) is 12.2 Å². The summed E-state index contributed by atoms with van der Waals surface area (Å²) in [4.78, 5) is 0. The fraction of sp³-hybridized carbons (Fsp3) is 0.778. The monoisotopic (exact) mass is 139 g/mol. The van der Waals surface area contributed by atoms with E-state index in [4.69, 9.17) is 5.73 Å². The van der Waals surface area contributed by atoms with Crippen molar-refractivity contribution >= 4 is 0 Å². The summed E-state index contributed by atoms with van der Waals surface area (Å²) in [6.45, 7) is 4.86. The molecule has 2 N–H and O–H groups in total. The Morgan fingerprint density at radius 2 is 2.30 bits per heavy atom. The van der Waals surface area contributed by atoms with E-state index >= 15 is 0 Å². The summed E-state index contributed by atoms with van der Waals surface area (Å²) in [5, 5.41) is 0. The van der Waals surface area contributed by atoms with E-state index in [2.05, 4.69) is 6.58 Å². The van der Waals surface area contributed by atoms with E-state index in [-0.39, 0.29) is 0 Å². The van der Waals surface area contributed by atoms with Gasteiger partial charge >= 0.3 is 0 Å². The SMILES string of the molecule is C=C1CCCC[C@@H](CN)C1. The van der Waals surface area contributed by atoms with Crippen LogP contribution in [0.25, 0.3) is 0 Å². The first-order chi connectivity index (χ1) is 4.83. The molecule has 0 amide bonds. The molecule has 1 aliphatic carbocycles. The lowest BCUT2D eigenvalue weighted by Crippen LogP contribution is -2.13. The van der Waals surface area contributed by atoms with Gasteiger partial charge in [-0.2, -0.15) is 0 Å². The Morgan fingerprint density at radius 3 is 3.00 bits per heavy atom.